The molecule has 0 radical (unpaired) electrons. The summed E-state index contributed by atoms with van der Waals surface area (Å²) in [4.78, 5) is 13.3. The van der Waals surface area contributed by atoms with Gasteiger partial charge in [0.15, 0.2) is 5.78 Å². The highest BCUT2D eigenvalue weighted by Gasteiger charge is 2.51. The molecule has 0 aliphatic heterocycles. The Labute approximate surface area is 228 Å². The second-order valence-electron chi connectivity index (χ2n) is 13.7. The maximum absolute atomic E-state index is 13.3. The van der Waals surface area contributed by atoms with Crippen molar-refractivity contribution in [1.29, 1.82) is 0 Å². The SMILES string of the molecule is C=C1C(C)CC(=C/C=C2\CCCC3(C)C([C@H](C)/C=C/C(=O)C4(C(=C)CCCCC)CC4)CC[C@@H]23)CC1C. The molecule has 4 aliphatic carbocycles. The molecule has 1 nitrogen and oxygen atoms in total. The molecule has 0 bridgehead atoms. The molecule has 0 saturated heterocycles. The van der Waals surface area contributed by atoms with Gasteiger partial charge in [0.25, 0.3) is 0 Å². The third kappa shape index (κ3) is 5.86. The van der Waals surface area contributed by atoms with Gasteiger partial charge in [-0.3, -0.25) is 4.79 Å². The van der Waals surface area contributed by atoms with E-state index in [-0.39, 0.29) is 5.41 Å². The van der Waals surface area contributed by atoms with Crippen molar-refractivity contribution in [2.75, 3.05) is 0 Å². The van der Waals surface area contributed by atoms with Crippen molar-refractivity contribution >= 4 is 5.78 Å². The molecule has 1 heteroatoms. The maximum Gasteiger partial charge on any atom is 0.165 e. The number of carbonyl (C=O) groups is 1. The summed E-state index contributed by atoms with van der Waals surface area (Å²) in [7, 11) is 0. The normalized spacial score (nSPS) is 35.0. The van der Waals surface area contributed by atoms with E-state index in [1.54, 1.807) is 11.1 Å². The van der Waals surface area contributed by atoms with Crippen molar-refractivity contribution in [2.24, 2.45) is 40.4 Å². The fraction of sp³-hybridized carbons (Fsp3) is 0.694. The Morgan fingerprint density at radius 1 is 1.08 bits per heavy atom. The van der Waals surface area contributed by atoms with Gasteiger partial charge >= 0.3 is 0 Å². The second-order valence-corrected chi connectivity index (χ2v) is 13.7. The predicted octanol–water partition coefficient (Wildman–Crippen LogP) is 10.4. The standard InChI is InChI=1S/C36H54O/c1-8-9-10-12-28(5)36(21-22-36)34(37)19-14-25(2)32-17-18-33-31(13-11-20-35(32,33)7)16-15-30-23-26(3)29(6)27(4)24-30/h14-16,19,25-27,32-33H,5-6,8-13,17-18,20-24H2,1-4,7H3/b19-14+,30-15?,31-16+/t25-,26?,27?,32?,33+,35?/m1/s1. The van der Waals surface area contributed by atoms with Gasteiger partial charge in [-0.1, -0.05) is 101 Å². The fourth-order valence-electron chi connectivity index (χ4n) is 8.38. The molecule has 4 rings (SSSR count). The molecule has 4 saturated carbocycles. The van der Waals surface area contributed by atoms with Crippen molar-refractivity contribution in [3.8, 4) is 0 Å². The molecule has 4 aliphatic rings. The van der Waals surface area contributed by atoms with E-state index in [0.717, 1.165) is 19.3 Å². The van der Waals surface area contributed by atoms with E-state index in [4.69, 9.17) is 0 Å². The number of rotatable bonds is 10. The zero-order valence-corrected chi connectivity index (χ0v) is 24.7. The van der Waals surface area contributed by atoms with Gasteiger partial charge in [0.2, 0.25) is 0 Å². The van der Waals surface area contributed by atoms with E-state index in [1.165, 1.54) is 75.4 Å². The summed E-state index contributed by atoms with van der Waals surface area (Å²) in [6, 6.07) is 0. The number of allylic oxidation sites excluding steroid dienone is 8. The monoisotopic (exact) mass is 502 g/mol. The van der Waals surface area contributed by atoms with Crippen LogP contribution in [-0.4, -0.2) is 5.78 Å². The van der Waals surface area contributed by atoms with Crippen LogP contribution in [-0.2, 0) is 4.79 Å². The molecule has 4 unspecified atom stereocenters. The summed E-state index contributed by atoms with van der Waals surface area (Å²) >= 11 is 0. The number of unbranched alkanes of at least 4 members (excludes halogenated alkanes) is 2. The van der Waals surface area contributed by atoms with E-state index in [9.17, 15) is 4.79 Å². The highest BCUT2D eigenvalue weighted by Crippen LogP contribution is 2.60. The minimum Gasteiger partial charge on any atom is -0.294 e. The first-order valence-electron chi connectivity index (χ1n) is 15.6. The number of hydrogen-bond donors (Lipinski definition) is 0. The zero-order chi connectivity index (χ0) is 26.8. The van der Waals surface area contributed by atoms with Gasteiger partial charge in [0.1, 0.15) is 0 Å². The van der Waals surface area contributed by atoms with Crippen LogP contribution >= 0.6 is 0 Å². The van der Waals surface area contributed by atoms with Crippen LogP contribution < -0.4 is 0 Å². The fourth-order valence-corrected chi connectivity index (χ4v) is 8.38. The number of fused-ring (bicyclic) bond motifs is 1. The highest BCUT2D eigenvalue weighted by atomic mass is 16.1. The van der Waals surface area contributed by atoms with Crippen molar-refractivity contribution in [3.63, 3.8) is 0 Å². The lowest BCUT2D eigenvalue weighted by molar-refractivity contribution is -0.118. The molecule has 0 amide bonds. The summed E-state index contributed by atoms with van der Waals surface area (Å²) in [5.74, 6) is 3.37. The summed E-state index contributed by atoms with van der Waals surface area (Å²) in [6.07, 6.45) is 24.8. The molecular weight excluding hydrogens is 448 g/mol. The van der Waals surface area contributed by atoms with Crippen LogP contribution in [0.1, 0.15) is 118 Å². The molecule has 204 valence electrons. The minimum atomic E-state index is -0.221. The average Bonchev–Trinajstić information content (AvgIpc) is 3.60. The Kier molecular flexibility index (Phi) is 8.92. The van der Waals surface area contributed by atoms with Crippen molar-refractivity contribution in [3.05, 3.63) is 59.8 Å². The predicted molar refractivity (Wildman–Crippen MR) is 159 cm³/mol. The van der Waals surface area contributed by atoms with Gasteiger partial charge in [-0.25, -0.2) is 0 Å². The summed E-state index contributed by atoms with van der Waals surface area (Å²) < 4.78 is 0. The smallest absolute Gasteiger partial charge is 0.165 e. The largest absolute Gasteiger partial charge is 0.294 e. The average molecular weight is 503 g/mol. The maximum atomic E-state index is 13.3. The van der Waals surface area contributed by atoms with Crippen LogP contribution in [0.3, 0.4) is 0 Å². The van der Waals surface area contributed by atoms with Crippen molar-refractivity contribution in [1.82, 2.24) is 0 Å². The number of carbonyl (C=O) groups excluding carboxylic acids is 1. The Bertz CT molecular complexity index is 953. The summed E-state index contributed by atoms with van der Waals surface area (Å²) in [5.41, 5.74) is 6.07. The molecule has 0 aromatic heterocycles. The molecule has 0 aromatic carbocycles. The Morgan fingerprint density at radius 3 is 2.43 bits per heavy atom. The van der Waals surface area contributed by atoms with Crippen LogP contribution in [0.25, 0.3) is 0 Å². The Morgan fingerprint density at radius 2 is 1.78 bits per heavy atom. The van der Waals surface area contributed by atoms with Crippen LogP contribution in [0.5, 0.6) is 0 Å². The molecule has 37 heavy (non-hydrogen) atoms. The molecule has 4 fully saturated rings. The van der Waals surface area contributed by atoms with E-state index >= 15 is 0 Å². The number of ketones is 1. The minimum absolute atomic E-state index is 0.221. The van der Waals surface area contributed by atoms with Gasteiger partial charge in [0.05, 0.1) is 5.41 Å². The first kappa shape index (κ1) is 28.4. The third-order valence-electron chi connectivity index (χ3n) is 11.1. The molecule has 0 aromatic rings. The van der Waals surface area contributed by atoms with Crippen LogP contribution in [0.4, 0.5) is 0 Å². The highest BCUT2D eigenvalue weighted by molar-refractivity contribution is 5.99. The molecule has 0 spiro atoms. The topological polar surface area (TPSA) is 17.1 Å². The van der Waals surface area contributed by atoms with Crippen molar-refractivity contribution < 1.29 is 4.79 Å². The van der Waals surface area contributed by atoms with E-state index in [1.807, 2.05) is 6.08 Å². The van der Waals surface area contributed by atoms with Gasteiger partial charge < -0.3 is 0 Å². The molecule has 0 N–H and O–H groups in total. The lowest BCUT2D eigenvalue weighted by Gasteiger charge is -2.44. The van der Waals surface area contributed by atoms with Crippen LogP contribution in [0.2, 0.25) is 0 Å². The van der Waals surface area contributed by atoms with Crippen LogP contribution in [0.15, 0.2) is 59.8 Å². The van der Waals surface area contributed by atoms with Crippen LogP contribution in [0, 0.1) is 40.4 Å². The lowest BCUT2D eigenvalue weighted by Crippen LogP contribution is -2.35. The van der Waals surface area contributed by atoms with Gasteiger partial charge in [-0.15, -0.1) is 0 Å². The second kappa shape index (κ2) is 11.6. The third-order valence-corrected chi connectivity index (χ3v) is 11.1. The quantitative estimate of drug-likeness (QED) is 0.165. The van der Waals surface area contributed by atoms with Gasteiger partial charge in [0, 0.05) is 0 Å². The van der Waals surface area contributed by atoms with E-state index < -0.39 is 0 Å². The van der Waals surface area contributed by atoms with Gasteiger partial charge in [-0.2, -0.15) is 0 Å². The number of hydrogen-bond acceptors (Lipinski definition) is 1. The zero-order valence-electron chi connectivity index (χ0n) is 24.7. The Hall–Kier alpha value is -1.63. The summed E-state index contributed by atoms with van der Waals surface area (Å²) in [5, 5.41) is 0. The van der Waals surface area contributed by atoms with Crippen molar-refractivity contribution in [2.45, 2.75) is 118 Å². The lowest BCUT2D eigenvalue weighted by atomic mass is 9.61. The molecular formula is C36H54O. The Balaban J connectivity index is 1.41. The molecule has 6 atom stereocenters. The van der Waals surface area contributed by atoms with E-state index in [2.05, 4.69) is 66.0 Å². The van der Waals surface area contributed by atoms with Gasteiger partial charge in [-0.05, 0) is 112 Å². The van der Waals surface area contributed by atoms with E-state index in [0.29, 0.717) is 40.8 Å². The summed E-state index contributed by atoms with van der Waals surface area (Å²) in [6.45, 7) is 20.5. The molecule has 0 heterocycles. The first-order chi connectivity index (χ1) is 17.6. The first-order valence-corrected chi connectivity index (χ1v) is 15.6.